The summed E-state index contributed by atoms with van der Waals surface area (Å²) in [6, 6.07) is 4.46. The van der Waals surface area contributed by atoms with Crippen molar-refractivity contribution in [2.24, 2.45) is 5.14 Å². The molecule has 6 heteroatoms. The second kappa shape index (κ2) is 4.50. The Hall–Kier alpha value is -1.27. The number of ether oxygens (including phenoxy) is 1. The largest absolute Gasteiger partial charge is 0.495 e. The maximum absolute atomic E-state index is 11.1. The zero-order valence-electron chi connectivity index (χ0n) is 8.65. The Morgan fingerprint density at radius 1 is 1.47 bits per heavy atom. The Labute approximate surface area is 89.3 Å². The number of rotatable bonds is 4. The lowest BCUT2D eigenvalue weighted by atomic mass is 10.3. The first-order valence-electron chi connectivity index (χ1n) is 4.43. The third-order valence-electron chi connectivity index (χ3n) is 1.87. The van der Waals surface area contributed by atoms with Crippen molar-refractivity contribution in [2.45, 2.75) is 11.8 Å². The van der Waals surface area contributed by atoms with E-state index in [0.717, 1.165) is 12.2 Å². The van der Waals surface area contributed by atoms with E-state index in [-0.39, 0.29) is 4.90 Å². The molecule has 84 valence electrons. The number of nitrogens with two attached hydrogens (primary N) is 1. The Bertz CT molecular complexity index is 443. The molecule has 0 aliphatic carbocycles. The number of anilines is 1. The van der Waals surface area contributed by atoms with Crippen molar-refractivity contribution in [1.82, 2.24) is 0 Å². The summed E-state index contributed by atoms with van der Waals surface area (Å²) in [4.78, 5) is 0.0426. The molecule has 15 heavy (non-hydrogen) atoms. The van der Waals surface area contributed by atoms with Gasteiger partial charge in [0.05, 0.1) is 17.7 Å². The number of hydrogen-bond acceptors (Lipinski definition) is 4. The molecular formula is C9H14N2O3S. The predicted molar refractivity (Wildman–Crippen MR) is 58.5 cm³/mol. The summed E-state index contributed by atoms with van der Waals surface area (Å²) in [5.41, 5.74) is 0.743. The highest BCUT2D eigenvalue weighted by Gasteiger charge is 2.11. The molecule has 5 nitrogen and oxygen atoms in total. The molecule has 0 saturated heterocycles. The van der Waals surface area contributed by atoms with Crippen molar-refractivity contribution in [3.63, 3.8) is 0 Å². The molecule has 0 fully saturated rings. The van der Waals surface area contributed by atoms with E-state index in [4.69, 9.17) is 9.88 Å². The molecule has 3 N–H and O–H groups in total. The van der Waals surface area contributed by atoms with Crippen LogP contribution in [0, 0.1) is 0 Å². The average molecular weight is 230 g/mol. The summed E-state index contributed by atoms with van der Waals surface area (Å²) >= 11 is 0. The number of primary sulfonamides is 1. The van der Waals surface area contributed by atoms with Gasteiger partial charge in [0.15, 0.2) is 0 Å². The van der Waals surface area contributed by atoms with Crippen LogP contribution in [0.25, 0.3) is 0 Å². The maximum Gasteiger partial charge on any atom is 0.238 e. The number of benzene rings is 1. The fourth-order valence-electron chi connectivity index (χ4n) is 1.19. The van der Waals surface area contributed by atoms with Gasteiger partial charge >= 0.3 is 0 Å². The lowest BCUT2D eigenvalue weighted by Gasteiger charge is -2.10. The Morgan fingerprint density at radius 3 is 2.60 bits per heavy atom. The minimum atomic E-state index is -3.67. The summed E-state index contributed by atoms with van der Waals surface area (Å²) in [6.07, 6.45) is 0. The zero-order valence-corrected chi connectivity index (χ0v) is 9.47. The van der Waals surface area contributed by atoms with Crippen LogP contribution in [0.1, 0.15) is 6.92 Å². The molecule has 1 rings (SSSR count). The Balaban J connectivity index is 3.19. The summed E-state index contributed by atoms with van der Waals surface area (Å²) in [5, 5.41) is 8.05. The minimum absolute atomic E-state index is 0.0426. The van der Waals surface area contributed by atoms with Gasteiger partial charge in [-0.1, -0.05) is 0 Å². The summed E-state index contributed by atoms with van der Waals surface area (Å²) in [6.45, 7) is 2.66. The van der Waals surface area contributed by atoms with Crippen molar-refractivity contribution in [2.75, 3.05) is 19.0 Å². The molecule has 0 heterocycles. The Morgan fingerprint density at radius 2 is 2.13 bits per heavy atom. The van der Waals surface area contributed by atoms with Gasteiger partial charge in [-0.2, -0.15) is 0 Å². The SMILES string of the molecule is CCNc1ccc(S(N)(=O)=O)cc1OC. The highest BCUT2D eigenvalue weighted by atomic mass is 32.2. The van der Waals surface area contributed by atoms with Crippen molar-refractivity contribution in [3.05, 3.63) is 18.2 Å². The Kier molecular flexibility index (Phi) is 3.54. The number of methoxy groups -OCH3 is 1. The van der Waals surface area contributed by atoms with Crippen LogP contribution >= 0.6 is 0 Å². The van der Waals surface area contributed by atoms with Crippen molar-refractivity contribution >= 4 is 15.7 Å². The van der Waals surface area contributed by atoms with Crippen LogP contribution in [0.3, 0.4) is 0 Å². The van der Waals surface area contributed by atoms with Gasteiger partial charge in [-0.25, -0.2) is 13.6 Å². The van der Waals surface area contributed by atoms with E-state index in [1.54, 1.807) is 6.07 Å². The predicted octanol–water partition coefficient (Wildman–Crippen LogP) is 0.774. The summed E-state index contributed by atoms with van der Waals surface area (Å²) < 4.78 is 27.2. The highest BCUT2D eigenvalue weighted by molar-refractivity contribution is 7.89. The monoisotopic (exact) mass is 230 g/mol. The fraction of sp³-hybridized carbons (Fsp3) is 0.333. The van der Waals surface area contributed by atoms with Crippen molar-refractivity contribution in [1.29, 1.82) is 0 Å². The van der Waals surface area contributed by atoms with Gasteiger partial charge < -0.3 is 10.1 Å². The molecule has 0 saturated carbocycles. The molecule has 0 amide bonds. The lowest BCUT2D eigenvalue weighted by molar-refractivity contribution is 0.415. The van der Waals surface area contributed by atoms with E-state index in [1.165, 1.54) is 19.2 Å². The molecule has 1 aromatic carbocycles. The van der Waals surface area contributed by atoms with Gasteiger partial charge in [0.1, 0.15) is 5.75 Å². The van der Waals surface area contributed by atoms with Crippen LogP contribution in [0.2, 0.25) is 0 Å². The van der Waals surface area contributed by atoms with E-state index in [2.05, 4.69) is 5.32 Å². The van der Waals surface area contributed by atoms with Gasteiger partial charge in [0.25, 0.3) is 0 Å². The first-order chi connectivity index (χ1) is 6.99. The van der Waals surface area contributed by atoms with Crippen molar-refractivity contribution in [3.8, 4) is 5.75 Å². The topological polar surface area (TPSA) is 81.4 Å². The normalized spacial score (nSPS) is 11.1. The molecule has 0 aliphatic heterocycles. The van der Waals surface area contributed by atoms with Crippen LogP contribution in [-0.4, -0.2) is 22.1 Å². The fourth-order valence-corrected chi connectivity index (χ4v) is 1.71. The van der Waals surface area contributed by atoms with Crippen LogP contribution in [-0.2, 0) is 10.0 Å². The van der Waals surface area contributed by atoms with E-state index in [1.807, 2.05) is 6.92 Å². The second-order valence-electron chi connectivity index (χ2n) is 2.94. The molecule has 0 spiro atoms. The van der Waals surface area contributed by atoms with Crippen LogP contribution in [0.15, 0.2) is 23.1 Å². The first-order valence-corrected chi connectivity index (χ1v) is 5.98. The number of hydrogen-bond donors (Lipinski definition) is 2. The molecule has 0 unspecified atom stereocenters. The van der Waals surface area contributed by atoms with Gasteiger partial charge in [0, 0.05) is 12.6 Å². The first kappa shape index (κ1) is 11.8. The lowest BCUT2D eigenvalue weighted by Crippen LogP contribution is -2.12. The quantitative estimate of drug-likeness (QED) is 0.800. The van der Waals surface area contributed by atoms with Crippen molar-refractivity contribution < 1.29 is 13.2 Å². The van der Waals surface area contributed by atoms with Gasteiger partial charge in [-0.3, -0.25) is 0 Å². The molecule has 1 aromatic rings. The molecular weight excluding hydrogens is 216 g/mol. The molecule has 0 aliphatic rings. The summed E-state index contributed by atoms with van der Waals surface area (Å²) in [7, 11) is -2.20. The number of sulfonamides is 1. The minimum Gasteiger partial charge on any atom is -0.495 e. The van der Waals surface area contributed by atoms with Crippen LogP contribution in [0.4, 0.5) is 5.69 Å². The molecule has 0 atom stereocenters. The van der Waals surface area contributed by atoms with Gasteiger partial charge in [-0.05, 0) is 19.1 Å². The molecule has 0 bridgehead atoms. The highest BCUT2D eigenvalue weighted by Crippen LogP contribution is 2.26. The van der Waals surface area contributed by atoms with E-state index in [0.29, 0.717) is 5.75 Å². The molecule has 0 radical (unpaired) electrons. The van der Waals surface area contributed by atoms with E-state index < -0.39 is 10.0 Å². The van der Waals surface area contributed by atoms with Crippen LogP contribution in [0.5, 0.6) is 5.75 Å². The van der Waals surface area contributed by atoms with Crippen LogP contribution < -0.4 is 15.2 Å². The van der Waals surface area contributed by atoms with Gasteiger partial charge in [0.2, 0.25) is 10.0 Å². The molecule has 0 aromatic heterocycles. The second-order valence-corrected chi connectivity index (χ2v) is 4.50. The third kappa shape index (κ3) is 2.84. The average Bonchev–Trinajstić information content (AvgIpc) is 2.17. The number of nitrogens with one attached hydrogen (secondary N) is 1. The smallest absolute Gasteiger partial charge is 0.238 e. The van der Waals surface area contributed by atoms with Gasteiger partial charge in [-0.15, -0.1) is 0 Å². The summed E-state index contributed by atoms with van der Waals surface area (Å²) in [5.74, 6) is 0.461. The van der Waals surface area contributed by atoms with E-state index >= 15 is 0 Å². The van der Waals surface area contributed by atoms with E-state index in [9.17, 15) is 8.42 Å². The zero-order chi connectivity index (χ0) is 11.5. The third-order valence-corrected chi connectivity index (χ3v) is 2.78. The maximum atomic E-state index is 11.1. The standard InChI is InChI=1S/C9H14N2O3S/c1-3-11-8-5-4-7(15(10,12)13)6-9(8)14-2/h4-6,11H,3H2,1-2H3,(H2,10,12,13).